The van der Waals surface area contributed by atoms with E-state index < -0.39 is 26.8 Å². The van der Waals surface area contributed by atoms with E-state index in [9.17, 15) is 12.8 Å². The number of nitriles is 1. The smallest absolute Gasteiger partial charge is 0.244 e. The zero-order valence-electron chi connectivity index (χ0n) is 12.5. The number of halogens is 1. The van der Waals surface area contributed by atoms with Crippen molar-refractivity contribution in [1.82, 2.24) is 14.5 Å². The molecule has 120 valence electrons. The average molecular weight is 334 g/mol. The van der Waals surface area contributed by atoms with Gasteiger partial charge in [0.1, 0.15) is 10.7 Å². The Morgan fingerprint density at radius 1 is 1.48 bits per heavy atom. The lowest BCUT2D eigenvalue weighted by atomic mass is 9.94. The Morgan fingerprint density at radius 3 is 2.96 bits per heavy atom. The summed E-state index contributed by atoms with van der Waals surface area (Å²) >= 11 is 0. The molecule has 1 N–H and O–H groups in total. The first-order valence-electron chi connectivity index (χ1n) is 7.15. The molecule has 1 atom stereocenters. The van der Waals surface area contributed by atoms with Crippen molar-refractivity contribution in [1.29, 1.82) is 5.26 Å². The van der Waals surface area contributed by atoms with Gasteiger partial charge in [-0.3, -0.25) is 4.68 Å². The number of nitrogens with zero attached hydrogens (tertiary/aromatic N) is 3. The molecule has 1 aliphatic carbocycles. The van der Waals surface area contributed by atoms with Crippen LogP contribution in [0, 0.1) is 17.1 Å². The van der Waals surface area contributed by atoms with Gasteiger partial charge in [0.2, 0.25) is 10.0 Å². The maximum atomic E-state index is 14.0. The molecule has 8 heteroatoms. The highest BCUT2D eigenvalue weighted by atomic mass is 32.2. The molecule has 1 heterocycles. The minimum Gasteiger partial charge on any atom is -0.275 e. The van der Waals surface area contributed by atoms with E-state index in [0.29, 0.717) is 6.42 Å². The Balaban J connectivity index is 1.92. The van der Waals surface area contributed by atoms with Crippen LogP contribution in [0.4, 0.5) is 4.39 Å². The highest BCUT2D eigenvalue weighted by Gasteiger charge is 2.29. The lowest BCUT2D eigenvalue weighted by Gasteiger charge is -2.22. The summed E-state index contributed by atoms with van der Waals surface area (Å²) in [5.41, 5.74) is 1.77. The number of aromatic nitrogens is 2. The zero-order chi connectivity index (χ0) is 16.6. The van der Waals surface area contributed by atoms with Crippen molar-refractivity contribution in [3.63, 3.8) is 0 Å². The van der Waals surface area contributed by atoms with Gasteiger partial charge in [-0.25, -0.2) is 17.5 Å². The number of hydrogen-bond donors (Lipinski definition) is 1. The Kier molecular flexibility index (Phi) is 3.92. The number of aryl methyl sites for hydroxylation is 2. The third kappa shape index (κ3) is 2.98. The van der Waals surface area contributed by atoms with E-state index in [-0.39, 0.29) is 5.56 Å². The van der Waals surface area contributed by atoms with Crippen molar-refractivity contribution in [3.8, 4) is 6.07 Å². The second-order valence-electron chi connectivity index (χ2n) is 5.53. The van der Waals surface area contributed by atoms with Crippen molar-refractivity contribution in [2.24, 2.45) is 7.05 Å². The van der Waals surface area contributed by atoms with Gasteiger partial charge in [-0.2, -0.15) is 10.4 Å². The minimum absolute atomic E-state index is 0.0775. The number of fused-ring (bicyclic) bond motifs is 1. The molecule has 3 rings (SSSR count). The second kappa shape index (κ2) is 5.76. The first-order valence-corrected chi connectivity index (χ1v) is 8.63. The topological polar surface area (TPSA) is 87.8 Å². The van der Waals surface area contributed by atoms with Gasteiger partial charge in [-0.15, -0.1) is 0 Å². The number of benzene rings is 1. The predicted octanol–water partition coefficient (Wildman–Crippen LogP) is 1.79. The SMILES string of the molecule is Cn1cc2c(n1)CCCC2NS(=O)(=O)c1ccc(C#N)cc1F. The molecule has 1 aromatic carbocycles. The monoisotopic (exact) mass is 334 g/mol. The number of nitrogens with one attached hydrogen (secondary N) is 1. The Bertz CT molecular complexity index is 899. The molecule has 1 unspecified atom stereocenters. The minimum atomic E-state index is -4.02. The van der Waals surface area contributed by atoms with Gasteiger partial charge in [0, 0.05) is 18.8 Å². The average Bonchev–Trinajstić information content (AvgIpc) is 2.88. The molecule has 23 heavy (non-hydrogen) atoms. The molecule has 0 saturated heterocycles. The van der Waals surface area contributed by atoms with Crippen LogP contribution in [-0.4, -0.2) is 18.2 Å². The molecule has 6 nitrogen and oxygen atoms in total. The summed E-state index contributed by atoms with van der Waals surface area (Å²) in [4.78, 5) is -0.451. The van der Waals surface area contributed by atoms with Crippen LogP contribution in [0.3, 0.4) is 0 Å². The van der Waals surface area contributed by atoms with Gasteiger partial charge in [-0.1, -0.05) is 0 Å². The fourth-order valence-corrected chi connectivity index (χ4v) is 4.14. The number of hydrogen-bond acceptors (Lipinski definition) is 4. The normalized spacial score (nSPS) is 17.5. The van der Waals surface area contributed by atoms with Gasteiger partial charge in [-0.05, 0) is 37.5 Å². The summed E-state index contributed by atoms with van der Waals surface area (Å²) in [6.07, 6.45) is 4.04. The molecule has 0 aliphatic heterocycles. The van der Waals surface area contributed by atoms with E-state index in [1.165, 1.54) is 6.07 Å². The molecule has 0 bridgehead atoms. The summed E-state index contributed by atoms with van der Waals surface area (Å²) < 4.78 is 43.2. The molecular formula is C15H15FN4O2S. The third-order valence-corrected chi connectivity index (χ3v) is 5.37. The van der Waals surface area contributed by atoms with Crippen molar-refractivity contribution in [2.75, 3.05) is 0 Å². The van der Waals surface area contributed by atoms with Gasteiger partial charge < -0.3 is 0 Å². The van der Waals surface area contributed by atoms with Gasteiger partial charge in [0.25, 0.3) is 0 Å². The molecule has 0 radical (unpaired) electrons. The lowest BCUT2D eigenvalue weighted by Crippen LogP contribution is -2.31. The van der Waals surface area contributed by atoms with Crippen LogP contribution in [0.5, 0.6) is 0 Å². The second-order valence-corrected chi connectivity index (χ2v) is 7.21. The maximum absolute atomic E-state index is 14.0. The summed E-state index contributed by atoms with van der Waals surface area (Å²) in [6.45, 7) is 0. The van der Waals surface area contributed by atoms with Crippen molar-refractivity contribution in [3.05, 3.63) is 47.0 Å². The van der Waals surface area contributed by atoms with Crippen molar-refractivity contribution >= 4 is 10.0 Å². The molecule has 0 spiro atoms. The maximum Gasteiger partial charge on any atom is 0.244 e. The zero-order valence-corrected chi connectivity index (χ0v) is 13.3. The van der Waals surface area contributed by atoms with E-state index in [4.69, 9.17) is 5.26 Å². The standard InChI is InChI=1S/C15H15FN4O2S/c1-20-9-11-13(18-20)3-2-4-14(11)19-23(21,22)15-6-5-10(8-17)7-12(15)16/h5-7,9,14,19H,2-4H2,1H3. The van der Waals surface area contributed by atoms with E-state index in [2.05, 4.69) is 9.82 Å². The number of rotatable bonds is 3. The molecular weight excluding hydrogens is 319 g/mol. The highest BCUT2D eigenvalue weighted by molar-refractivity contribution is 7.89. The first kappa shape index (κ1) is 15.6. The molecule has 2 aromatic rings. The quantitative estimate of drug-likeness (QED) is 0.927. The van der Waals surface area contributed by atoms with E-state index in [1.807, 2.05) is 0 Å². The van der Waals surface area contributed by atoms with E-state index in [1.54, 1.807) is 24.0 Å². The van der Waals surface area contributed by atoms with Crippen LogP contribution in [0.15, 0.2) is 29.3 Å². The van der Waals surface area contributed by atoms with Crippen LogP contribution in [0.25, 0.3) is 0 Å². The van der Waals surface area contributed by atoms with Crippen LogP contribution in [0.2, 0.25) is 0 Å². The third-order valence-electron chi connectivity index (χ3n) is 3.87. The predicted molar refractivity (Wildman–Crippen MR) is 80.3 cm³/mol. The van der Waals surface area contributed by atoms with Crippen LogP contribution in [-0.2, 0) is 23.5 Å². The first-order chi connectivity index (χ1) is 10.9. The van der Waals surface area contributed by atoms with Gasteiger partial charge in [0.15, 0.2) is 0 Å². The van der Waals surface area contributed by atoms with Gasteiger partial charge >= 0.3 is 0 Å². The van der Waals surface area contributed by atoms with Crippen molar-refractivity contribution in [2.45, 2.75) is 30.2 Å². The van der Waals surface area contributed by atoms with Crippen molar-refractivity contribution < 1.29 is 12.8 Å². The van der Waals surface area contributed by atoms with Crippen LogP contribution < -0.4 is 4.72 Å². The number of sulfonamides is 1. The largest absolute Gasteiger partial charge is 0.275 e. The Hall–Kier alpha value is -2.24. The fourth-order valence-electron chi connectivity index (χ4n) is 2.83. The lowest BCUT2D eigenvalue weighted by molar-refractivity contribution is 0.500. The fraction of sp³-hybridized carbons (Fsp3) is 0.333. The molecule has 1 aliphatic rings. The molecule has 1 aromatic heterocycles. The van der Waals surface area contributed by atoms with Crippen LogP contribution in [0.1, 0.15) is 35.7 Å². The summed E-state index contributed by atoms with van der Waals surface area (Å²) in [5, 5.41) is 13.1. The highest BCUT2D eigenvalue weighted by Crippen LogP contribution is 2.30. The summed E-state index contributed by atoms with van der Waals surface area (Å²) in [7, 11) is -2.24. The van der Waals surface area contributed by atoms with E-state index in [0.717, 1.165) is 36.2 Å². The molecule has 0 saturated carbocycles. The summed E-state index contributed by atoms with van der Waals surface area (Å²) in [5.74, 6) is -0.932. The Morgan fingerprint density at radius 2 is 2.26 bits per heavy atom. The molecule has 0 fully saturated rings. The molecule has 0 amide bonds. The summed E-state index contributed by atoms with van der Waals surface area (Å²) in [6, 6.07) is 4.68. The van der Waals surface area contributed by atoms with E-state index >= 15 is 0 Å². The van der Waals surface area contributed by atoms with Gasteiger partial charge in [0.05, 0.1) is 23.4 Å². The Labute approximate surface area is 133 Å². The van der Waals surface area contributed by atoms with Crippen LogP contribution >= 0.6 is 0 Å².